The van der Waals surface area contributed by atoms with Crippen molar-refractivity contribution in [3.8, 4) is 11.5 Å². The molecular formula is C35H47N3O4. The molecule has 4 rings (SSSR count). The number of Topliss-reactive ketones (excluding diaryl/α,β-unsaturated/α-hetero) is 1. The average Bonchev–Trinajstić information content (AvgIpc) is 3.02. The van der Waals surface area contributed by atoms with Gasteiger partial charge in [0.15, 0.2) is 0 Å². The first-order chi connectivity index (χ1) is 20.3. The van der Waals surface area contributed by atoms with Crippen molar-refractivity contribution in [2.75, 3.05) is 32.1 Å². The van der Waals surface area contributed by atoms with Crippen LogP contribution in [0.4, 0.5) is 10.5 Å². The summed E-state index contributed by atoms with van der Waals surface area (Å²) in [5.41, 5.74) is 2.62. The quantitative estimate of drug-likeness (QED) is 0.208. The molecule has 7 heteroatoms. The fourth-order valence-corrected chi connectivity index (χ4v) is 5.54. The summed E-state index contributed by atoms with van der Waals surface area (Å²) in [5, 5.41) is 15.7. The number of amides is 2. The van der Waals surface area contributed by atoms with Gasteiger partial charge in [-0.15, -0.1) is 0 Å². The number of benzene rings is 3. The van der Waals surface area contributed by atoms with Gasteiger partial charge < -0.3 is 25.4 Å². The first-order valence-corrected chi connectivity index (χ1v) is 15.1. The number of carbonyl (C=O) groups excluding carboxylic acids is 2. The van der Waals surface area contributed by atoms with Crippen LogP contribution in [0.5, 0.6) is 11.5 Å². The topological polar surface area (TPSA) is 90.9 Å². The third-order valence-electron chi connectivity index (χ3n) is 8.25. The van der Waals surface area contributed by atoms with Crippen LogP contribution in [0.2, 0.25) is 0 Å². The van der Waals surface area contributed by atoms with E-state index in [-0.39, 0.29) is 23.2 Å². The number of ketones is 1. The number of phenolic OH excluding ortho intramolecular Hbond substituents is 1. The number of urea groups is 1. The molecule has 1 heterocycles. The summed E-state index contributed by atoms with van der Waals surface area (Å²) in [6, 6.07) is 24.2. The van der Waals surface area contributed by atoms with Crippen LogP contribution in [0, 0.1) is 5.41 Å². The van der Waals surface area contributed by atoms with Crippen LogP contribution in [0.3, 0.4) is 0 Å². The molecule has 0 aromatic heterocycles. The van der Waals surface area contributed by atoms with Crippen LogP contribution in [-0.4, -0.2) is 48.6 Å². The number of piperidine rings is 1. The summed E-state index contributed by atoms with van der Waals surface area (Å²) in [6.07, 6.45) is 5.67. The van der Waals surface area contributed by atoms with Crippen LogP contribution < -0.4 is 15.4 Å². The molecule has 1 atom stereocenters. The Morgan fingerprint density at radius 1 is 0.952 bits per heavy atom. The van der Waals surface area contributed by atoms with Gasteiger partial charge in [0, 0.05) is 12.0 Å². The second-order valence-electron chi connectivity index (χ2n) is 11.0. The zero-order chi connectivity index (χ0) is 30.4. The Hall–Kier alpha value is -3.84. The number of carbonyl (C=O) groups is 2. The number of nitrogens with zero attached hydrogens (tertiary/aromatic N) is 1. The van der Waals surface area contributed by atoms with Crippen molar-refractivity contribution < 1.29 is 19.4 Å². The molecule has 42 heavy (non-hydrogen) atoms. The Morgan fingerprint density at radius 3 is 2.17 bits per heavy atom. The summed E-state index contributed by atoms with van der Waals surface area (Å²) >= 11 is 0. The molecule has 0 saturated carbocycles. The number of hydrogen-bond donors (Lipinski definition) is 3. The number of phenols is 1. The molecule has 0 aliphatic carbocycles. The fraction of sp³-hybridized carbons (Fsp3) is 0.429. The van der Waals surface area contributed by atoms with Crippen molar-refractivity contribution in [1.82, 2.24) is 10.2 Å². The van der Waals surface area contributed by atoms with Crippen molar-refractivity contribution in [2.24, 2.45) is 5.41 Å². The second kappa shape index (κ2) is 16.6. The van der Waals surface area contributed by atoms with E-state index in [1.54, 1.807) is 38.3 Å². The average molecular weight is 574 g/mol. The lowest BCUT2D eigenvalue weighted by molar-refractivity contribution is -0.129. The number of rotatable bonds is 11. The number of ether oxygens (including phenoxy) is 1. The Kier molecular flexibility index (Phi) is 12.9. The highest BCUT2D eigenvalue weighted by atomic mass is 16.5. The zero-order valence-corrected chi connectivity index (χ0v) is 25.6. The monoisotopic (exact) mass is 573 g/mol. The molecule has 0 radical (unpaired) electrons. The van der Waals surface area contributed by atoms with Gasteiger partial charge in [-0.2, -0.15) is 0 Å². The maximum atomic E-state index is 12.6. The molecule has 1 fully saturated rings. The van der Waals surface area contributed by atoms with Gasteiger partial charge in [0.2, 0.25) is 0 Å². The second-order valence-corrected chi connectivity index (χ2v) is 11.0. The molecule has 3 N–H and O–H groups in total. The number of aromatic hydroxyl groups is 1. The van der Waals surface area contributed by atoms with Gasteiger partial charge in [-0.25, -0.2) is 4.79 Å². The summed E-state index contributed by atoms with van der Waals surface area (Å²) < 4.78 is 5.01. The van der Waals surface area contributed by atoms with Crippen LogP contribution >= 0.6 is 0 Å². The molecule has 3 aromatic carbocycles. The predicted octanol–water partition coefficient (Wildman–Crippen LogP) is 7.37. The maximum Gasteiger partial charge on any atom is 0.319 e. The highest BCUT2D eigenvalue weighted by Crippen LogP contribution is 2.37. The molecular weight excluding hydrogens is 526 g/mol. The first-order valence-electron chi connectivity index (χ1n) is 15.1. The molecule has 7 nitrogen and oxygen atoms in total. The smallest absolute Gasteiger partial charge is 0.319 e. The summed E-state index contributed by atoms with van der Waals surface area (Å²) in [4.78, 5) is 27.3. The minimum absolute atomic E-state index is 0.0354. The molecule has 1 aliphatic heterocycles. The van der Waals surface area contributed by atoms with Crippen molar-refractivity contribution in [1.29, 1.82) is 0 Å². The van der Waals surface area contributed by atoms with Crippen molar-refractivity contribution >= 4 is 17.5 Å². The lowest BCUT2D eigenvalue weighted by Gasteiger charge is -2.40. The number of likely N-dealkylation sites (tertiary alicyclic amines) is 1. The third-order valence-corrected chi connectivity index (χ3v) is 8.25. The molecule has 3 aromatic rings. The van der Waals surface area contributed by atoms with E-state index in [2.05, 4.69) is 41.5 Å². The normalized spacial score (nSPS) is 15.0. The molecule has 226 valence electrons. The van der Waals surface area contributed by atoms with Gasteiger partial charge in [0.1, 0.15) is 17.3 Å². The number of para-hydroxylation sites is 2. The highest BCUT2D eigenvalue weighted by molar-refractivity contribution is 5.91. The standard InChI is InChI=1S/C26H35N3O3.C9H12O/c1-3-14-26(20(2)30)15-18-29(19-16-26)17-13-22(21-9-5-4-6-10-21)27-25(32)28-23-11-7-8-12-24(23)31;1-3-8-4-6-9(10-2)7-5-8/h4-12,22,31H,3,13-19H2,1-2H3,(H2,27,28,32);4-7H,3H2,1-2H3. The van der Waals surface area contributed by atoms with E-state index in [1.165, 1.54) is 5.56 Å². The lowest BCUT2D eigenvalue weighted by atomic mass is 9.72. The predicted molar refractivity (Wildman–Crippen MR) is 170 cm³/mol. The lowest BCUT2D eigenvalue weighted by Crippen LogP contribution is -2.44. The number of aryl methyl sites for hydroxylation is 1. The van der Waals surface area contributed by atoms with Crippen LogP contribution in [0.25, 0.3) is 0 Å². The Morgan fingerprint density at radius 2 is 1.60 bits per heavy atom. The van der Waals surface area contributed by atoms with Crippen LogP contribution in [0.1, 0.15) is 70.0 Å². The van der Waals surface area contributed by atoms with E-state index in [0.29, 0.717) is 11.5 Å². The van der Waals surface area contributed by atoms with E-state index < -0.39 is 0 Å². The molecule has 2 amide bonds. The van der Waals surface area contributed by atoms with Gasteiger partial charge in [-0.05, 0) is 87.5 Å². The number of anilines is 1. The van der Waals surface area contributed by atoms with Gasteiger partial charge >= 0.3 is 6.03 Å². The fourth-order valence-electron chi connectivity index (χ4n) is 5.54. The van der Waals surface area contributed by atoms with Crippen LogP contribution in [-0.2, 0) is 11.2 Å². The molecule has 1 unspecified atom stereocenters. The number of nitrogens with one attached hydrogen (secondary N) is 2. The van der Waals surface area contributed by atoms with Crippen molar-refractivity contribution in [3.63, 3.8) is 0 Å². The van der Waals surface area contributed by atoms with Gasteiger partial charge in [0.05, 0.1) is 18.8 Å². The molecule has 0 spiro atoms. The Labute approximate surface area is 251 Å². The SMILES string of the molecule is CCCC1(C(C)=O)CCN(CCC(NC(=O)Nc2ccccc2O)c2ccccc2)CC1.CCc1ccc(OC)cc1. The van der Waals surface area contributed by atoms with Gasteiger partial charge in [-0.3, -0.25) is 4.79 Å². The first kappa shape index (κ1) is 32.7. The zero-order valence-electron chi connectivity index (χ0n) is 25.6. The van der Waals surface area contributed by atoms with E-state index in [9.17, 15) is 14.7 Å². The Balaban J connectivity index is 0.000000408. The summed E-state index contributed by atoms with van der Waals surface area (Å²) in [5.74, 6) is 1.29. The largest absolute Gasteiger partial charge is 0.506 e. The van der Waals surface area contributed by atoms with Gasteiger partial charge in [0.25, 0.3) is 0 Å². The maximum absolute atomic E-state index is 12.6. The van der Waals surface area contributed by atoms with E-state index in [1.807, 2.05) is 42.5 Å². The highest BCUT2D eigenvalue weighted by Gasteiger charge is 2.37. The Bertz CT molecular complexity index is 1220. The summed E-state index contributed by atoms with van der Waals surface area (Å²) in [7, 11) is 1.68. The van der Waals surface area contributed by atoms with E-state index in [4.69, 9.17) is 4.74 Å². The third kappa shape index (κ3) is 9.62. The minimum Gasteiger partial charge on any atom is -0.506 e. The molecule has 0 bridgehead atoms. The summed E-state index contributed by atoms with van der Waals surface area (Å²) in [6.45, 7) is 8.69. The van der Waals surface area contributed by atoms with Gasteiger partial charge in [-0.1, -0.05) is 74.9 Å². The van der Waals surface area contributed by atoms with Crippen LogP contribution in [0.15, 0.2) is 78.9 Å². The molecule has 1 saturated heterocycles. The van der Waals surface area contributed by atoms with Crippen molar-refractivity contribution in [2.45, 2.75) is 65.3 Å². The number of methoxy groups -OCH3 is 1. The minimum atomic E-state index is -0.350. The van der Waals surface area contributed by atoms with E-state index in [0.717, 1.165) is 69.5 Å². The number of hydrogen-bond acceptors (Lipinski definition) is 5. The van der Waals surface area contributed by atoms with Crippen molar-refractivity contribution in [3.05, 3.63) is 90.0 Å². The van der Waals surface area contributed by atoms with E-state index >= 15 is 0 Å². The molecule has 1 aliphatic rings.